The van der Waals surface area contributed by atoms with Crippen LogP contribution in [0.3, 0.4) is 0 Å². The third-order valence-electron chi connectivity index (χ3n) is 6.32. The van der Waals surface area contributed by atoms with Gasteiger partial charge in [0, 0.05) is 29.3 Å². The molecule has 0 radical (unpaired) electrons. The lowest BCUT2D eigenvalue weighted by Crippen LogP contribution is -2.52. The highest BCUT2D eigenvalue weighted by Crippen LogP contribution is 2.53. The minimum atomic E-state index is -2.16. The molecule has 2 aromatic carbocycles. The van der Waals surface area contributed by atoms with Crippen LogP contribution in [0.5, 0.6) is 0 Å². The Hall–Kier alpha value is -4.33. The van der Waals surface area contributed by atoms with Crippen LogP contribution in [0.4, 0.5) is 5.82 Å². The van der Waals surface area contributed by atoms with Crippen LogP contribution in [-0.2, 0) is 12.5 Å². The van der Waals surface area contributed by atoms with Crippen LogP contribution in [0.25, 0.3) is 5.70 Å². The summed E-state index contributed by atoms with van der Waals surface area (Å²) in [7, 11) is 1.25. The largest absolute Gasteiger partial charge is 0.340 e. The van der Waals surface area contributed by atoms with E-state index in [0.717, 1.165) is 4.57 Å². The first kappa shape index (κ1) is 17.5. The van der Waals surface area contributed by atoms with E-state index in [1.807, 2.05) is 0 Å². The molecule has 0 saturated heterocycles. The summed E-state index contributed by atoms with van der Waals surface area (Å²) >= 11 is 0. The zero-order valence-electron chi connectivity index (χ0n) is 16.1. The van der Waals surface area contributed by atoms with Gasteiger partial charge in [0.15, 0.2) is 22.8 Å². The topological polar surface area (TPSA) is 118 Å². The molecule has 8 heteroatoms. The van der Waals surface area contributed by atoms with E-state index < -0.39 is 34.0 Å². The molecule has 8 nitrogen and oxygen atoms in total. The normalized spacial score (nSPS) is 17.4. The van der Waals surface area contributed by atoms with Gasteiger partial charge in [-0.3, -0.25) is 28.7 Å². The van der Waals surface area contributed by atoms with Gasteiger partial charge in [-0.2, -0.15) is 0 Å². The van der Waals surface area contributed by atoms with Crippen molar-refractivity contribution >= 4 is 28.9 Å². The number of hydrogen-bond acceptors (Lipinski definition) is 6. The van der Waals surface area contributed by atoms with E-state index in [1.165, 1.54) is 19.2 Å². The summed E-state index contributed by atoms with van der Waals surface area (Å²) in [5, 5.41) is 2.96. The first-order valence-corrected chi connectivity index (χ1v) is 9.57. The minimum Gasteiger partial charge on any atom is -0.340 e. The smallest absolute Gasteiger partial charge is 0.329 e. The summed E-state index contributed by atoms with van der Waals surface area (Å²) in [5.41, 5.74) is -2.61. The Morgan fingerprint density at radius 3 is 1.94 bits per heavy atom. The summed E-state index contributed by atoms with van der Waals surface area (Å²) in [6.07, 6.45) is 0. The van der Waals surface area contributed by atoms with Crippen molar-refractivity contribution in [2.75, 3.05) is 5.32 Å². The predicted octanol–water partition coefficient (Wildman–Crippen LogP) is 1.42. The van der Waals surface area contributed by atoms with Crippen molar-refractivity contribution in [3.05, 3.63) is 103 Å². The van der Waals surface area contributed by atoms with Gasteiger partial charge in [-0.25, -0.2) is 4.79 Å². The number of Topliss-reactive ketones (excluding diaryl/α,β-unsaturated/α-hetero) is 3. The minimum absolute atomic E-state index is 0.0501. The van der Waals surface area contributed by atoms with Gasteiger partial charge in [0.05, 0.1) is 16.8 Å². The van der Waals surface area contributed by atoms with Gasteiger partial charge in [0.25, 0.3) is 5.56 Å². The van der Waals surface area contributed by atoms with E-state index in [2.05, 4.69) is 10.3 Å². The second kappa shape index (κ2) is 5.42. The Kier molecular flexibility index (Phi) is 3.07. The number of carbonyl (C=O) groups excluding carboxylic acids is 3. The number of fused-ring (bicyclic) bond motifs is 6. The summed E-state index contributed by atoms with van der Waals surface area (Å²) in [6, 6.07) is 13.0. The molecule has 1 aromatic heterocycles. The molecule has 2 aliphatic carbocycles. The van der Waals surface area contributed by atoms with E-state index in [0.29, 0.717) is 11.1 Å². The fourth-order valence-electron chi connectivity index (χ4n) is 4.92. The molecule has 2 heterocycles. The molecule has 2 N–H and O–H groups in total. The average molecular weight is 411 g/mol. The van der Waals surface area contributed by atoms with Crippen LogP contribution in [0, 0.1) is 0 Å². The number of anilines is 1. The van der Waals surface area contributed by atoms with Crippen LogP contribution < -0.4 is 16.6 Å². The van der Waals surface area contributed by atoms with E-state index in [4.69, 9.17) is 0 Å². The number of nitrogens with one attached hydrogen (secondary N) is 2. The van der Waals surface area contributed by atoms with E-state index >= 15 is 0 Å². The zero-order chi connectivity index (χ0) is 21.7. The van der Waals surface area contributed by atoms with E-state index in [1.54, 1.807) is 36.4 Å². The summed E-state index contributed by atoms with van der Waals surface area (Å²) in [5.74, 6) is -1.83. The highest BCUT2D eigenvalue weighted by Gasteiger charge is 2.64. The predicted molar refractivity (Wildman–Crippen MR) is 110 cm³/mol. The quantitative estimate of drug-likeness (QED) is 0.540. The van der Waals surface area contributed by atoms with Crippen molar-refractivity contribution in [3.63, 3.8) is 0 Å². The molecular formula is C23H13N3O5. The number of nitrogens with zero attached hydrogens (tertiary/aromatic N) is 1. The molecule has 3 aliphatic rings. The van der Waals surface area contributed by atoms with E-state index in [9.17, 15) is 24.0 Å². The fraction of sp³-hybridized carbons (Fsp3) is 0.0870. The summed E-state index contributed by atoms with van der Waals surface area (Å²) in [4.78, 5) is 69.4. The van der Waals surface area contributed by atoms with Crippen LogP contribution in [-0.4, -0.2) is 26.9 Å². The van der Waals surface area contributed by atoms with Crippen LogP contribution in [0.1, 0.15) is 42.2 Å². The standard InChI is InChI=1S/C23H13N3O5/c1-26-21(30)15-20(25-22(26)31)24-16-10-6-2-3-7-11(10)17(27)14(16)23(15)18(28)12-8-4-5-9-13(12)19(23)29/h2-9,24H,1H3,(H,25,31). The number of ketones is 3. The molecule has 0 bridgehead atoms. The number of H-pyrrole nitrogens is 1. The Morgan fingerprint density at radius 1 is 0.774 bits per heavy atom. The molecular weight excluding hydrogens is 398 g/mol. The maximum atomic E-state index is 13.9. The van der Waals surface area contributed by atoms with Crippen molar-refractivity contribution in [2.24, 2.45) is 7.05 Å². The van der Waals surface area contributed by atoms with Gasteiger partial charge in [-0.1, -0.05) is 48.5 Å². The van der Waals surface area contributed by atoms with Gasteiger partial charge in [-0.05, 0) is 0 Å². The molecule has 0 fully saturated rings. The monoisotopic (exact) mass is 411 g/mol. The lowest BCUT2D eigenvalue weighted by atomic mass is 9.67. The number of hydrogen-bond donors (Lipinski definition) is 2. The second-order valence-corrected chi connectivity index (χ2v) is 7.75. The second-order valence-electron chi connectivity index (χ2n) is 7.75. The summed E-state index contributed by atoms with van der Waals surface area (Å²) in [6.45, 7) is 0. The SMILES string of the molecule is Cn1c(=O)[nH]c2c(c1=O)C1(C(=O)c3ccccc3C1=O)C1=C(N2)c2ccccc2C1=O. The van der Waals surface area contributed by atoms with Crippen molar-refractivity contribution in [1.82, 2.24) is 9.55 Å². The van der Waals surface area contributed by atoms with Crippen molar-refractivity contribution in [3.8, 4) is 0 Å². The Morgan fingerprint density at radius 2 is 1.32 bits per heavy atom. The number of aromatic nitrogens is 2. The van der Waals surface area contributed by atoms with Crippen molar-refractivity contribution < 1.29 is 14.4 Å². The molecule has 1 aliphatic heterocycles. The Bertz CT molecular complexity index is 1540. The van der Waals surface area contributed by atoms with Gasteiger partial charge in [0.1, 0.15) is 5.82 Å². The molecule has 0 unspecified atom stereocenters. The average Bonchev–Trinajstić information content (AvgIpc) is 3.18. The summed E-state index contributed by atoms with van der Waals surface area (Å²) < 4.78 is 0.796. The third-order valence-corrected chi connectivity index (χ3v) is 6.32. The maximum Gasteiger partial charge on any atom is 0.329 e. The van der Waals surface area contributed by atoms with Gasteiger partial charge >= 0.3 is 5.69 Å². The fourth-order valence-corrected chi connectivity index (χ4v) is 4.92. The first-order valence-electron chi connectivity index (χ1n) is 9.57. The van der Waals surface area contributed by atoms with Crippen LogP contribution in [0.15, 0.2) is 63.7 Å². The molecule has 0 saturated carbocycles. The number of carbonyl (C=O) groups is 3. The van der Waals surface area contributed by atoms with E-state index in [-0.39, 0.29) is 33.8 Å². The van der Waals surface area contributed by atoms with Gasteiger partial charge < -0.3 is 5.32 Å². The molecule has 31 heavy (non-hydrogen) atoms. The molecule has 0 amide bonds. The Labute approximate surface area is 173 Å². The molecule has 1 spiro atoms. The van der Waals surface area contributed by atoms with Gasteiger partial charge in [-0.15, -0.1) is 0 Å². The first-order chi connectivity index (χ1) is 14.9. The lowest BCUT2D eigenvalue weighted by Gasteiger charge is -2.33. The molecule has 150 valence electrons. The van der Waals surface area contributed by atoms with Crippen LogP contribution >= 0.6 is 0 Å². The molecule has 3 aromatic rings. The Balaban J connectivity index is 1.82. The molecule has 6 rings (SSSR count). The van der Waals surface area contributed by atoms with Crippen LogP contribution in [0.2, 0.25) is 0 Å². The number of rotatable bonds is 0. The van der Waals surface area contributed by atoms with Gasteiger partial charge in [0.2, 0.25) is 0 Å². The number of aromatic amines is 1. The highest BCUT2D eigenvalue weighted by atomic mass is 16.2. The van der Waals surface area contributed by atoms with Crippen molar-refractivity contribution in [2.45, 2.75) is 5.41 Å². The molecule has 0 atom stereocenters. The lowest BCUT2D eigenvalue weighted by molar-refractivity contribution is 0.0799. The maximum absolute atomic E-state index is 13.9. The number of allylic oxidation sites excluding steroid dienone is 1. The number of benzene rings is 2. The van der Waals surface area contributed by atoms with Crippen molar-refractivity contribution in [1.29, 1.82) is 0 Å². The highest BCUT2D eigenvalue weighted by molar-refractivity contribution is 6.42. The third kappa shape index (κ3) is 1.79. The zero-order valence-corrected chi connectivity index (χ0v) is 16.1.